The van der Waals surface area contributed by atoms with Gasteiger partial charge in [-0.15, -0.1) is 0 Å². The van der Waals surface area contributed by atoms with Crippen LogP contribution in [0.4, 0.5) is 4.79 Å². The van der Waals surface area contributed by atoms with E-state index in [1.807, 2.05) is 0 Å². The van der Waals surface area contributed by atoms with Crippen molar-refractivity contribution in [2.24, 2.45) is 23.3 Å². The number of rotatable bonds is 2. The Labute approximate surface area is 146 Å². The Morgan fingerprint density at radius 1 is 1.00 bits per heavy atom. The molecule has 2 aliphatic heterocycles. The van der Waals surface area contributed by atoms with Crippen LogP contribution in [-0.4, -0.2) is 77.0 Å². The summed E-state index contributed by atoms with van der Waals surface area (Å²) in [7, 11) is 0. The van der Waals surface area contributed by atoms with Crippen LogP contribution in [0.2, 0.25) is 0 Å². The van der Waals surface area contributed by atoms with Crippen LogP contribution >= 0.6 is 0 Å². The average molecular weight is 360 g/mol. The van der Waals surface area contributed by atoms with Gasteiger partial charge < -0.3 is 36.6 Å². The van der Waals surface area contributed by atoms with E-state index in [4.69, 9.17) is 21.3 Å². The fourth-order valence-electron chi connectivity index (χ4n) is 2.50. The maximum absolute atomic E-state index is 11.6. The Balaban J connectivity index is 0.000000293. The number of primary amides is 2. The number of hydrogen-bond acceptors (Lipinski definition) is 7. The van der Waals surface area contributed by atoms with Gasteiger partial charge in [0.05, 0.1) is 30.6 Å². The molecule has 0 aromatic heterocycles. The number of amides is 3. The number of aliphatic hydroxyl groups is 2. The number of β-amino-alcohol motifs (C(OH)–C–C–N with tert-alkyl or cyclic N) is 2. The van der Waals surface area contributed by atoms with Crippen molar-refractivity contribution in [3.63, 3.8) is 0 Å². The molecule has 0 spiro atoms. The number of aliphatic hydroxyl groups excluding tert-OH is 2. The normalized spacial score (nSPS) is 28.9. The third-order valence-corrected chi connectivity index (χ3v) is 3.85. The van der Waals surface area contributed by atoms with Crippen LogP contribution in [0.3, 0.4) is 0 Å². The Kier molecular flexibility index (Phi) is 7.15. The van der Waals surface area contributed by atoms with E-state index >= 15 is 0 Å². The highest BCUT2D eigenvalue weighted by Gasteiger charge is 2.39. The predicted molar refractivity (Wildman–Crippen MR) is 88.1 cm³/mol. The summed E-state index contributed by atoms with van der Waals surface area (Å²) >= 11 is 0. The van der Waals surface area contributed by atoms with Gasteiger partial charge in [0.2, 0.25) is 11.8 Å². The molecule has 0 saturated carbocycles. The van der Waals surface area contributed by atoms with E-state index < -0.39 is 41.6 Å². The fraction of sp³-hybridized carbons (Fsp3) is 0.800. The molecule has 25 heavy (non-hydrogen) atoms. The lowest BCUT2D eigenvalue weighted by Crippen LogP contribution is -2.36. The van der Waals surface area contributed by atoms with Crippen LogP contribution in [-0.2, 0) is 14.3 Å². The first-order valence-corrected chi connectivity index (χ1v) is 8.05. The van der Waals surface area contributed by atoms with E-state index in [9.17, 15) is 19.5 Å². The lowest BCUT2D eigenvalue weighted by molar-refractivity contribution is -0.124. The summed E-state index contributed by atoms with van der Waals surface area (Å²) in [5.74, 6) is -2.11. The van der Waals surface area contributed by atoms with E-state index in [0.717, 1.165) is 0 Å². The molecule has 0 radical (unpaired) electrons. The zero-order chi connectivity index (χ0) is 19.4. The second-order valence-corrected chi connectivity index (χ2v) is 7.20. The van der Waals surface area contributed by atoms with Gasteiger partial charge in [-0.05, 0) is 20.8 Å². The van der Waals surface area contributed by atoms with E-state index in [1.165, 1.54) is 4.90 Å². The predicted octanol–water partition coefficient (Wildman–Crippen LogP) is -2.25. The summed E-state index contributed by atoms with van der Waals surface area (Å²) in [5.41, 5.74) is 9.46. The molecule has 10 heteroatoms. The van der Waals surface area contributed by atoms with Crippen LogP contribution in [0, 0.1) is 11.8 Å². The molecule has 0 bridgehead atoms. The first-order chi connectivity index (χ1) is 11.4. The molecule has 4 unspecified atom stereocenters. The zero-order valence-electron chi connectivity index (χ0n) is 14.8. The molecule has 2 saturated heterocycles. The van der Waals surface area contributed by atoms with Gasteiger partial charge >= 0.3 is 6.09 Å². The average Bonchev–Trinajstić information content (AvgIpc) is 3.03. The number of hydrogen-bond donors (Lipinski definition) is 5. The highest BCUT2D eigenvalue weighted by Crippen LogP contribution is 2.19. The van der Waals surface area contributed by atoms with Crippen molar-refractivity contribution in [2.45, 2.75) is 38.6 Å². The van der Waals surface area contributed by atoms with E-state index in [0.29, 0.717) is 13.1 Å². The molecule has 4 atom stereocenters. The standard InChI is InChI=1S/C10H18N2O4.C5H10N2O2/c1-10(2,3)16-9(15)12-4-6(8(11)14)7(13)5-12;6-5(9)3-1-7-2-4(3)8/h6-7,13H,4-5H2,1-3H3,(H2,11,14);3-4,7-8H,1-2H2,(H2,6,9). The Hall–Kier alpha value is -1.91. The fourth-order valence-corrected chi connectivity index (χ4v) is 2.50. The van der Waals surface area contributed by atoms with E-state index in [2.05, 4.69) is 5.32 Å². The highest BCUT2D eigenvalue weighted by molar-refractivity contribution is 5.79. The summed E-state index contributed by atoms with van der Waals surface area (Å²) < 4.78 is 5.12. The van der Waals surface area contributed by atoms with Crippen molar-refractivity contribution in [1.82, 2.24) is 10.2 Å². The first kappa shape index (κ1) is 21.1. The topological polar surface area (TPSA) is 168 Å². The molecule has 0 aliphatic carbocycles. The zero-order valence-corrected chi connectivity index (χ0v) is 14.8. The lowest BCUT2D eigenvalue weighted by Gasteiger charge is -2.24. The maximum Gasteiger partial charge on any atom is 0.410 e. The van der Waals surface area contributed by atoms with Gasteiger partial charge in [-0.2, -0.15) is 0 Å². The van der Waals surface area contributed by atoms with Gasteiger partial charge in [0.1, 0.15) is 5.60 Å². The number of ether oxygens (including phenoxy) is 1. The molecule has 0 aromatic rings. The number of carbonyl (C=O) groups excluding carboxylic acids is 3. The molecule has 2 rings (SSSR count). The number of likely N-dealkylation sites (tertiary alicyclic amines) is 1. The Morgan fingerprint density at radius 3 is 1.88 bits per heavy atom. The molecule has 3 amide bonds. The largest absolute Gasteiger partial charge is 0.444 e. The van der Waals surface area contributed by atoms with E-state index in [1.54, 1.807) is 20.8 Å². The SMILES string of the molecule is CC(C)(C)OC(=O)N1CC(O)C(C(N)=O)C1.NC(=O)C1CNCC1O. The minimum Gasteiger partial charge on any atom is -0.444 e. The molecule has 7 N–H and O–H groups in total. The van der Waals surface area contributed by atoms with Crippen LogP contribution in [0.15, 0.2) is 0 Å². The van der Waals surface area contributed by atoms with Crippen molar-refractivity contribution < 1.29 is 29.3 Å². The molecule has 0 aromatic carbocycles. The van der Waals surface area contributed by atoms with Crippen molar-refractivity contribution in [3.05, 3.63) is 0 Å². The first-order valence-electron chi connectivity index (χ1n) is 8.05. The maximum atomic E-state index is 11.6. The number of carbonyl (C=O) groups is 3. The summed E-state index contributed by atoms with van der Waals surface area (Å²) in [5, 5.41) is 21.4. The summed E-state index contributed by atoms with van der Waals surface area (Å²) in [6.45, 7) is 6.45. The molecule has 2 fully saturated rings. The van der Waals surface area contributed by atoms with Gasteiger partial charge in [-0.25, -0.2) is 4.79 Å². The molecule has 2 heterocycles. The molecule has 2 aliphatic rings. The second kappa shape index (κ2) is 8.45. The van der Waals surface area contributed by atoms with Crippen molar-refractivity contribution in [2.75, 3.05) is 26.2 Å². The second-order valence-electron chi connectivity index (χ2n) is 7.20. The van der Waals surface area contributed by atoms with Gasteiger partial charge in [0.15, 0.2) is 0 Å². The smallest absolute Gasteiger partial charge is 0.410 e. The molecule has 10 nitrogen and oxygen atoms in total. The van der Waals surface area contributed by atoms with Gasteiger partial charge in [0.25, 0.3) is 0 Å². The van der Waals surface area contributed by atoms with Crippen molar-refractivity contribution >= 4 is 17.9 Å². The minimum atomic E-state index is -0.898. The Morgan fingerprint density at radius 2 is 1.56 bits per heavy atom. The van der Waals surface area contributed by atoms with Crippen LogP contribution in [0.5, 0.6) is 0 Å². The Bertz CT molecular complexity index is 507. The van der Waals surface area contributed by atoms with Gasteiger partial charge in [-0.1, -0.05) is 0 Å². The molecule has 144 valence electrons. The molecular weight excluding hydrogens is 332 g/mol. The monoisotopic (exact) mass is 360 g/mol. The van der Waals surface area contributed by atoms with Crippen molar-refractivity contribution in [1.29, 1.82) is 0 Å². The quantitative estimate of drug-likeness (QED) is 0.370. The summed E-state index contributed by atoms with van der Waals surface area (Å²) in [6.07, 6.45) is -2.01. The van der Waals surface area contributed by atoms with E-state index in [-0.39, 0.29) is 19.0 Å². The number of nitrogens with zero attached hydrogens (tertiary/aromatic N) is 1. The number of nitrogens with one attached hydrogen (secondary N) is 1. The van der Waals surface area contributed by atoms with Crippen LogP contribution in [0.1, 0.15) is 20.8 Å². The third kappa shape index (κ3) is 6.48. The lowest BCUT2D eigenvalue weighted by atomic mass is 10.1. The van der Waals surface area contributed by atoms with Gasteiger partial charge in [-0.3, -0.25) is 9.59 Å². The number of nitrogens with two attached hydrogens (primary N) is 2. The molecular formula is C15H28N4O6. The van der Waals surface area contributed by atoms with Crippen molar-refractivity contribution in [3.8, 4) is 0 Å². The summed E-state index contributed by atoms with van der Waals surface area (Å²) in [6, 6.07) is 0. The van der Waals surface area contributed by atoms with Crippen LogP contribution in [0.25, 0.3) is 0 Å². The van der Waals surface area contributed by atoms with Crippen LogP contribution < -0.4 is 16.8 Å². The van der Waals surface area contributed by atoms with Gasteiger partial charge in [0, 0.05) is 19.6 Å². The third-order valence-electron chi connectivity index (χ3n) is 3.85. The highest BCUT2D eigenvalue weighted by atomic mass is 16.6. The minimum absolute atomic E-state index is 0.0858. The summed E-state index contributed by atoms with van der Waals surface area (Å²) in [4.78, 5) is 34.3.